The first-order valence-electron chi connectivity index (χ1n) is 11.1. The van der Waals surface area contributed by atoms with Gasteiger partial charge in [-0.3, -0.25) is 14.5 Å². The number of urea groups is 1. The number of benzene rings is 2. The zero-order chi connectivity index (χ0) is 22.9. The van der Waals surface area contributed by atoms with Crippen molar-refractivity contribution >= 4 is 17.7 Å². The highest BCUT2D eigenvalue weighted by Gasteiger charge is 2.49. The first kappa shape index (κ1) is 21.9. The maximum atomic E-state index is 13.3. The van der Waals surface area contributed by atoms with Gasteiger partial charge in [0.2, 0.25) is 0 Å². The number of ketones is 1. The van der Waals surface area contributed by atoms with E-state index in [9.17, 15) is 14.4 Å². The first-order chi connectivity index (χ1) is 15.4. The minimum Gasteiger partial charge on any atom is -0.490 e. The smallest absolute Gasteiger partial charge is 0.325 e. The Morgan fingerprint density at radius 2 is 1.78 bits per heavy atom. The Morgan fingerprint density at radius 3 is 2.50 bits per heavy atom. The molecule has 3 amide bonds. The molecule has 2 aliphatic rings. The minimum atomic E-state index is -1.29. The molecule has 7 heteroatoms. The molecule has 0 spiro atoms. The standard InChI is InChI=1S/C25H28N2O5/c1-4-16-7-8-17(5-2)19(13-16)20(28)15-27-23(29)25(3,26-24(27)30)18-9-10-21-22(14-18)32-12-6-11-31-21/h7-10,13-14H,4-6,11-12,15H2,1-3H3,(H,26,30). The van der Waals surface area contributed by atoms with Crippen LogP contribution >= 0.6 is 0 Å². The molecule has 32 heavy (non-hydrogen) atoms. The second-order valence-corrected chi connectivity index (χ2v) is 8.28. The first-order valence-corrected chi connectivity index (χ1v) is 11.1. The highest BCUT2D eigenvalue weighted by atomic mass is 16.5. The molecular formula is C25H28N2O5. The van der Waals surface area contributed by atoms with Crippen LogP contribution in [0.4, 0.5) is 4.79 Å². The maximum absolute atomic E-state index is 13.3. The normalized spacial score (nSPS) is 20.2. The van der Waals surface area contributed by atoms with Crippen LogP contribution in [0.5, 0.6) is 11.5 Å². The number of Topliss-reactive ketones (excluding diaryl/α,β-unsaturated/α-hetero) is 1. The van der Waals surface area contributed by atoms with E-state index in [0.29, 0.717) is 42.3 Å². The second-order valence-electron chi connectivity index (χ2n) is 8.28. The number of rotatable bonds is 6. The van der Waals surface area contributed by atoms with E-state index in [0.717, 1.165) is 28.9 Å². The van der Waals surface area contributed by atoms with E-state index in [4.69, 9.17) is 9.47 Å². The summed E-state index contributed by atoms with van der Waals surface area (Å²) in [7, 11) is 0. The molecule has 2 heterocycles. The van der Waals surface area contributed by atoms with Gasteiger partial charge in [0.05, 0.1) is 19.8 Å². The molecule has 168 valence electrons. The van der Waals surface area contributed by atoms with Crippen LogP contribution in [0.25, 0.3) is 0 Å². The van der Waals surface area contributed by atoms with Crippen molar-refractivity contribution in [3.05, 3.63) is 58.7 Å². The summed E-state index contributed by atoms with van der Waals surface area (Å²) in [6.45, 7) is 6.43. The van der Waals surface area contributed by atoms with E-state index in [-0.39, 0.29) is 12.3 Å². The van der Waals surface area contributed by atoms with Gasteiger partial charge in [0.1, 0.15) is 5.54 Å². The van der Waals surface area contributed by atoms with Gasteiger partial charge in [-0.25, -0.2) is 4.79 Å². The van der Waals surface area contributed by atoms with Crippen molar-refractivity contribution in [3.63, 3.8) is 0 Å². The van der Waals surface area contributed by atoms with Crippen LogP contribution in [0, 0.1) is 0 Å². The summed E-state index contributed by atoms with van der Waals surface area (Å²) in [4.78, 5) is 40.2. The van der Waals surface area contributed by atoms with E-state index in [1.54, 1.807) is 25.1 Å². The largest absolute Gasteiger partial charge is 0.490 e. The van der Waals surface area contributed by atoms with Crippen LogP contribution in [0.3, 0.4) is 0 Å². The van der Waals surface area contributed by atoms with Crippen molar-refractivity contribution in [2.24, 2.45) is 0 Å². The predicted molar refractivity (Wildman–Crippen MR) is 119 cm³/mol. The van der Waals surface area contributed by atoms with E-state index < -0.39 is 17.5 Å². The van der Waals surface area contributed by atoms with Crippen molar-refractivity contribution in [3.8, 4) is 11.5 Å². The molecule has 0 bridgehead atoms. The fourth-order valence-electron chi connectivity index (χ4n) is 4.15. The lowest BCUT2D eigenvalue weighted by Crippen LogP contribution is -2.41. The number of ether oxygens (including phenoxy) is 2. The third kappa shape index (κ3) is 3.83. The topological polar surface area (TPSA) is 84.9 Å². The highest BCUT2D eigenvalue weighted by molar-refractivity contribution is 6.11. The molecule has 4 rings (SSSR count). The molecule has 0 aliphatic carbocycles. The van der Waals surface area contributed by atoms with Crippen LogP contribution in [-0.4, -0.2) is 42.4 Å². The molecular weight excluding hydrogens is 408 g/mol. The summed E-state index contributed by atoms with van der Waals surface area (Å²) in [5.41, 5.74) is 1.81. The molecule has 1 unspecified atom stereocenters. The van der Waals surface area contributed by atoms with E-state index in [2.05, 4.69) is 5.32 Å². The van der Waals surface area contributed by atoms with Crippen LogP contribution in [0.2, 0.25) is 0 Å². The van der Waals surface area contributed by atoms with Gasteiger partial charge in [-0.15, -0.1) is 0 Å². The predicted octanol–water partition coefficient (Wildman–Crippen LogP) is 3.62. The summed E-state index contributed by atoms with van der Waals surface area (Å²) in [5.74, 6) is 0.446. The number of hydrogen-bond donors (Lipinski definition) is 1. The summed E-state index contributed by atoms with van der Waals surface area (Å²) < 4.78 is 11.4. The second kappa shape index (κ2) is 8.65. The van der Waals surface area contributed by atoms with Crippen molar-refractivity contribution in [2.45, 2.75) is 45.6 Å². The van der Waals surface area contributed by atoms with E-state index >= 15 is 0 Å². The molecule has 1 saturated heterocycles. The number of nitrogens with zero attached hydrogens (tertiary/aromatic N) is 1. The Bertz CT molecular complexity index is 1080. The molecule has 0 saturated carbocycles. The van der Waals surface area contributed by atoms with Crippen LogP contribution in [-0.2, 0) is 23.2 Å². The average molecular weight is 437 g/mol. The third-order valence-corrected chi connectivity index (χ3v) is 6.17. The molecule has 2 aliphatic heterocycles. The number of hydrogen-bond acceptors (Lipinski definition) is 5. The Balaban J connectivity index is 1.59. The Labute approximate surface area is 187 Å². The zero-order valence-corrected chi connectivity index (χ0v) is 18.7. The Kier molecular flexibility index (Phi) is 5.91. The summed E-state index contributed by atoms with van der Waals surface area (Å²) in [6.07, 6.45) is 2.27. The van der Waals surface area contributed by atoms with Gasteiger partial charge in [0.15, 0.2) is 17.3 Å². The fraction of sp³-hybridized carbons (Fsp3) is 0.400. The van der Waals surface area contributed by atoms with Crippen molar-refractivity contribution in [1.82, 2.24) is 10.2 Å². The average Bonchev–Trinajstić information content (AvgIpc) is 2.96. The van der Waals surface area contributed by atoms with Crippen LogP contribution in [0.15, 0.2) is 36.4 Å². The molecule has 0 aromatic heterocycles. The molecule has 1 fully saturated rings. The molecule has 2 aromatic rings. The van der Waals surface area contributed by atoms with Gasteiger partial charge in [-0.1, -0.05) is 32.0 Å². The van der Waals surface area contributed by atoms with Gasteiger partial charge in [0.25, 0.3) is 5.91 Å². The van der Waals surface area contributed by atoms with Gasteiger partial charge in [0, 0.05) is 12.0 Å². The number of aryl methyl sites for hydroxylation is 2. The van der Waals surface area contributed by atoms with Gasteiger partial charge >= 0.3 is 6.03 Å². The number of carbonyl (C=O) groups excluding carboxylic acids is 3. The van der Waals surface area contributed by atoms with E-state index in [1.165, 1.54) is 0 Å². The molecule has 0 radical (unpaired) electrons. The van der Waals surface area contributed by atoms with E-state index in [1.807, 2.05) is 32.0 Å². The number of carbonyl (C=O) groups is 3. The number of fused-ring (bicyclic) bond motifs is 1. The molecule has 1 N–H and O–H groups in total. The number of nitrogens with one attached hydrogen (secondary N) is 1. The number of amides is 3. The van der Waals surface area contributed by atoms with Gasteiger partial charge in [-0.05, 0) is 54.7 Å². The quantitative estimate of drug-likeness (QED) is 0.552. The minimum absolute atomic E-state index is 0.247. The highest BCUT2D eigenvalue weighted by Crippen LogP contribution is 2.36. The summed E-state index contributed by atoms with van der Waals surface area (Å²) in [6, 6.07) is 10.5. The maximum Gasteiger partial charge on any atom is 0.325 e. The van der Waals surface area contributed by atoms with Gasteiger partial charge in [-0.2, -0.15) is 0 Å². The SMILES string of the molecule is CCc1ccc(CC)c(C(=O)CN2C(=O)NC(C)(c3ccc4c(c3)OCCCO4)C2=O)c1. The summed E-state index contributed by atoms with van der Waals surface area (Å²) >= 11 is 0. The van der Waals surface area contributed by atoms with Crippen molar-refractivity contribution in [2.75, 3.05) is 19.8 Å². The van der Waals surface area contributed by atoms with Crippen molar-refractivity contribution < 1.29 is 23.9 Å². The monoisotopic (exact) mass is 436 g/mol. The Morgan fingerprint density at radius 1 is 1.03 bits per heavy atom. The Hall–Kier alpha value is -3.35. The molecule has 7 nitrogen and oxygen atoms in total. The number of imide groups is 1. The zero-order valence-electron chi connectivity index (χ0n) is 18.7. The summed E-state index contributed by atoms with van der Waals surface area (Å²) in [5, 5.41) is 2.77. The molecule has 2 aromatic carbocycles. The molecule has 1 atom stereocenters. The van der Waals surface area contributed by atoms with Crippen molar-refractivity contribution in [1.29, 1.82) is 0 Å². The van der Waals surface area contributed by atoms with Crippen LogP contribution in [0.1, 0.15) is 54.2 Å². The van der Waals surface area contributed by atoms with Crippen LogP contribution < -0.4 is 14.8 Å². The lowest BCUT2D eigenvalue weighted by atomic mass is 9.91. The van der Waals surface area contributed by atoms with Gasteiger partial charge < -0.3 is 14.8 Å². The third-order valence-electron chi connectivity index (χ3n) is 6.17. The lowest BCUT2D eigenvalue weighted by molar-refractivity contribution is -0.130. The lowest BCUT2D eigenvalue weighted by Gasteiger charge is -2.23. The fourth-order valence-corrected chi connectivity index (χ4v) is 4.15.